The number of ether oxygens (including phenoxy) is 1. The zero-order chi connectivity index (χ0) is 12.8. The van der Waals surface area contributed by atoms with Crippen molar-refractivity contribution < 1.29 is 19.0 Å². The van der Waals surface area contributed by atoms with Gasteiger partial charge in [0.15, 0.2) is 11.6 Å². The van der Waals surface area contributed by atoms with Crippen molar-refractivity contribution in [3.8, 4) is 5.75 Å². The van der Waals surface area contributed by atoms with E-state index in [-0.39, 0.29) is 18.0 Å². The van der Waals surface area contributed by atoms with Gasteiger partial charge in [0.25, 0.3) is 0 Å². The van der Waals surface area contributed by atoms with Crippen LogP contribution in [0.4, 0.5) is 4.39 Å². The van der Waals surface area contributed by atoms with Gasteiger partial charge in [0.1, 0.15) is 0 Å². The number of aliphatic carboxylic acids is 1. The number of carboxylic acid groups (broad SMARTS) is 1. The molecule has 1 aromatic carbocycles. The van der Waals surface area contributed by atoms with E-state index in [0.717, 1.165) is 12.0 Å². The van der Waals surface area contributed by atoms with E-state index in [2.05, 4.69) is 0 Å². The van der Waals surface area contributed by atoms with Crippen molar-refractivity contribution in [3.05, 3.63) is 29.1 Å². The maximum Gasteiger partial charge on any atom is 0.303 e. The maximum absolute atomic E-state index is 14.0. The van der Waals surface area contributed by atoms with E-state index < -0.39 is 5.97 Å². The molecule has 0 saturated heterocycles. The Morgan fingerprint density at radius 2 is 2.12 bits per heavy atom. The standard InChI is InChI=1S/C13H17FO3/c1-3-4-10-9(6-8-12(15)16)5-7-11(17-2)13(10)14/h5,7H,3-4,6,8H2,1-2H3,(H,15,16). The van der Waals surface area contributed by atoms with Crippen LogP contribution in [0.5, 0.6) is 5.75 Å². The lowest BCUT2D eigenvalue weighted by molar-refractivity contribution is -0.136. The fourth-order valence-electron chi connectivity index (χ4n) is 1.79. The molecule has 0 aromatic heterocycles. The second-order valence-corrected chi connectivity index (χ2v) is 3.86. The molecule has 0 atom stereocenters. The first kappa shape index (κ1) is 13.5. The highest BCUT2D eigenvalue weighted by Crippen LogP contribution is 2.25. The predicted octanol–water partition coefficient (Wildman–Crippen LogP) is 2.80. The first-order chi connectivity index (χ1) is 8.10. The molecule has 3 nitrogen and oxygen atoms in total. The molecule has 94 valence electrons. The molecule has 0 aliphatic carbocycles. The minimum atomic E-state index is -0.872. The van der Waals surface area contributed by atoms with Crippen molar-refractivity contribution in [3.63, 3.8) is 0 Å². The number of halogens is 1. The lowest BCUT2D eigenvalue weighted by Crippen LogP contribution is -2.04. The molecule has 0 heterocycles. The first-order valence-electron chi connectivity index (χ1n) is 5.66. The summed E-state index contributed by atoms with van der Waals surface area (Å²) in [5.41, 5.74) is 1.33. The van der Waals surface area contributed by atoms with E-state index in [1.807, 2.05) is 6.92 Å². The Morgan fingerprint density at radius 1 is 1.41 bits per heavy atom. The molecule has 0 fully saturated rings. The number of carboxylic acids is 1. The third kappa shape index (κ3) is 3.44. The van der Waals surface area contributed by atoms with Crippen LogP contribution in [-0.2, 0) is 17.6 Å². The van der Waals surface area contributed by atoms with Crippen molar-refractivity contribution in [1.29, 1.82) is 0 Å². The van der Waals surface area contributed by atoms with Gasteiger partial charge in [-0.1, -0.05) is 19.4 Å². The molecule has 1 N–H and O–H groups in total. The topological polar surface area (TPSA) is 46.5 Å². The number of hydrogen-bond acceptors (Lipinski definition) is 2. The molecule has 0 amide bonds. The van der Waals surface area contributed by atoms with Crippen LogP contribution in [-0.4, -0.2) is 18.2 Å². The van der Waals surface area contributed by atoms with Gasteiger partial charge in [0, 0.05) is 6.42 Å². The van der Waals surface area contributed by atoms with Crippen LogP contribution in [0, 0.1) is 5.82 Å². The van der Waals surface area contributed by atoms with Gasteiger partial charge in [-0.15, -0.1) is 0 Å². The SMILES string of the molecule is CCCc1c(CCC(=O)O)ccc(OC)c1F. The van der Waals surface area contributed by atoms with E-state index in [4.69, 9.17) is 9.84 Å². The predicted molar refractivity (Wildman–Crippen MR) is 62.9 cm³/mol. The highest BCUT2D eigenvalue weighted by Gasteiger charge is 2.13. The smallest absolute Gasteiger partial charge is 0.303 e. The molecule has 1 aromatic rings. The lowest BCUT2D eigenvalue weighted by atomic mass is 9.98. The van der Waals surface area contributed by atoms with E-state index in [0.29, 0.717) is 18.4 Å². The van der Waals surface area contributed by atoms with Gasteiger partial charge in [-0.2, -0.15) is 0 Å². The van der Waals surface area contributed by atoms with E-state index in [9.17, 15) is 9.18 Å². The molecule has 1 rings (SSSR count). The highest BCUT2D eigenvalue weighted by atomic mass is 19.1. The van der Waals surface area contributed by atoms with E-state index >= 15 is 0 Å². The Labute approximate surface area is 100 Å². The first-order valence-corrected chi connectivity index (χ1v) is 5.66. The number of aryl methyl sites for hydroxylation is 1. The summed E-state index contributed by atoms with van der Waals surface area (Å²) >= 11 is 0. The highest BCUT2D eigenvalue weighted by molar-refractivity contribution is 5.67. The van der Waals surface area contributed by atoms with Crippen LogP contribution in [0.25, 0.3) is 0 Å². The summed E-state index contributed by atoms with van der Waals surface area (Å²) in [5, 5.41) is 8.65. The van der Waals surface area contributed by atoms with Gasteiger partial charge in [0.05, 0.1) is 7.11 Å². The normalized spacial score (nSPS) is 10.3. The van der Waals surface area contributed by atoms with E-state index in [1.165, 1.54) is 7.11 Å². The van der Waals surface area contributed by atoms with Crippen LogP contribution in [0.15, 0.2) is 12.1 Å². The summed E-state index contributed by atoms with van der Waals surface area (Å²) in [4.78, 5) is 10.5. The minimum absolute atomic E-state index is 0.0164. The Morgan fingerprint density at radius 3 is 2.65 bits per heavy atom. The number of hydrogen-bond donors (Lipinski definition) is 1. The molecule has 0 bridgehead atoms. The number of rotatable bonds is 6. The zero-order valence-electron chi connectivity index (χ0n) is 10.1. The van der Waals surface area contributed by atoms with Crippen molar-refractivity contribution in [2.75, 3.05) is 7.11 Å². The quantitative estimate of drug-likeness (QED) is 0.831. The molecule has 4 heteroatoms. The monoisotopic (exact) mass is 240 g/mol. The second-order valence-electron chi connectivity index (χ2n) is 3.86. The van der Waals surface area contributed by atoms with Crippen molar-refractivity contribution in [2.45, 2.75) is 32.6 Å². The van der Waals surface area contributed by atoms with Gasteiger partial charge >= 0.3 is 5.97 Å². The van der Waals surface area contributed by atoms with Crippen LogP contribution in [0.2, 0.25) is 0 Å². The molecule has 17 heavy (non-hydrogen) atoms. The molecule has 0 unspecified atom stereocenters. The third-order valence-corrected chi connectivity index (χ3v) is 2.63. The molecular formula is C13H17FO3. The average molecular weight is 240 g/mol. The Kier molecular flexibility index (Phi) is 4.94. The van der Waals surface area contributed by atoms with E-state index in [1.54, 1.807) is 12.1 Å². The fourth-order valence-corrected chi connectivity index (χ4v) is 1.79. The molecule has 0 saturated carbocycles. The number of benzene rings is 1. The molecule has 0 aliphatic heterocycles. The summed E-state index contributed by atoms with van der Waals surface area (Å²) in [5.74, 6) is -1.02. The molecule has 0 aliphatic rings. The van der Waals surface area contributed by atoms with Crippen molar-refractivity contribution in [1.82, 2.24) is 0 Å². The van der Waals surface area contributed by atoms with Crippen molar-refractivity contribution >= 4 is 5.97 Å². The summed E-state index contributed by atoms with van der Waals surface area (Å²) < 4.78 is 18.9. The Hall–Kier alpha value is -1.58. The largest absolute Gasteiger partial charge is 0.494 e. The maximum atomic E-state index is 14.0. The van der Waals surface area contributed by atoms with Gasteiger partial charge in [-0.25, -0.2) is 4.39 Å². The summed E-state index contributed by atoms with van der Waals surface area (Å²) in [6.07, 6.45) is 1.77. The zero-order valence-corrected chi connectivity index (χ0v) is 10.1. The summed E-state index contributed by atoms with van der Waals surface area (Å²) in [6.45, 7) is 1.96. The Balaban J connectivity index is 3.02. The molecular weight excluding hydrogens is 223 g/mol. The van der Waals surface area contributed by atoms with Gasteiger partial charge in [-0.05, 0) is 30.0 Å². The number of methoxy groups -OCH3 is 1. The van der Waals surface area contributed by atoms with Gasteiger partial charge in [0.2, 0.25) is 0 Å². The van der Waals surface area contributed by atoms with Gasteiger partial charge < -0.3 is 9.84 Å². The summed E-state index contributed by atoms with van der Waals surface area (Å²) in [7, 11) is 1.42. The summed E-state index contributed by atoms with van der Waals surface area (Å²) in [6, 6.07) is 3.29. The fraction of sp³-hybridized carbons (Fsp3) is 0.462. The minimum Gasteiger partial charge on any atom is -0.494 e. The lowest BCUT2D eigenvalue weighted by Gasteiger charge is -2.12. The van der Waals surface area contributed by atoms with Crippen LogP contribution >= 0.6 is 0 Å². The van der Waals surface area contributed by atoms with Crippen LogP contribution in [0.3, 0.4) is 0 Å². The molecule has 0 spiro atoms. The average Bonchev–Trinajstić information content (AvgIpc) is 2.30. The molecule has 0 radical (unpaired) electrons. The Bertz CT molecular complexity index is 402. The number of carbonyl (C=O) groups is 1. The van der Waals surface area contributed by atoms with Crippen LogP contribution < -0.4 is 4.74 Å². The van der Waals surface area contributed by atoms with Gasteiger partial charge in [-0.3, -0.25) is 4.79 Å². The second kappa shape index (κ2) is 6.23. The van der Waals surface area contributed by atoms with Crippen LogP contribution in [0.1, 0.15) is 30.9 Å². The third-order valence-electron chi connectivity index (χ3n) is 2.63. The van der Waals surface area contributed by atoms with Crippen molar-refractivity contribution in [2.24, 2.45) is 0 Å².